The highest BCUT2D eigenvalue weighted by Crippen LogP contribution is 2.38. The molecule has 0 spiro atoms. The number of nitrogens with zero attached hydrogens (tertiary/aromatic N) is 1. The molecule has 0 saturated carbocycles. The van der Waals surface area contributed by atoms with Gasteiger partial charge >= 0.3 is 0 Å². The summed E-state index contributed by atoms with van der Waals surface area (Å²) in [6, 6.07) is 26.1. The summed E-state index contributed by atoms with van der Waals surface area (Å²) < 4.78 is 45.5. The number of benzene rings is 3. The van der Waals surface area contributed by atoms with E-state index in [-0.39, 0.29) is 16.9 Å². The fraction of sp³-hybridized carbons (Fsp3) is 0.161. The molecule has 0 amide bonds. The smallest absolute Gasteiger partial charge is 0.173 e. The average Bonchev–Trinajstić information content (AvgIpc) is 3.61. The number of rotatable bonds is 10. The fourth-order valence-electron chi connectivity index (χ4n) is 4.58. The molecule has 2 aromatic heterocycles. The van der Waals surface area contributed by atoms with Gasteiger partial charge in [-0.25, -0.2) is 8.78 Å². The molecule has 0 radical (unpaired) electrons. The molecule has 0 saturated heterocycles. The Balaban J connectivity index is 1.48. The first-order valence-electron chi connectivity index (χ1n) is 12.2. The Morgan fingerprint density at radius 2 is 1.45 bits per heavy atom. The highest BCUT2D eigenvalue weighted by molar-refractivity contribution is 5.44. The number of hydrogen-bond donors (Lipinski definition) is 1. The van der Waals surface area contributed by atoms with E-state index in [0.717, 1.165) is 17.1 Å². The van der Waals surface area contributed by atoms with E-state index in [2.05, 4.69) is 4.90 Å². The van der Waals surface area contributed by atoms with Gasteiger partial charge in [0, 0.05) is 6.54 Å². The zero-order valence-corrected chi connectivity index (χ0v) is 20.8. The molecule has 5 nitrogen and oxygen atoms in total. The van der Waals surface area contributed by atoms with Gasteiger partial charge in [-0.05, 0) is 77.4 Å². The van der Waals surface area contributed by atoms with Gasteiger partial charge in [0.1, 0.15) is 34.7 Å². The van der Waals surface area contributed by atoms with Crippen molar-refractivity contribution in [2.45, 2.75) is 25.2 Å². The van der Waals surface area contributed by atoms with Gasteiger partial charge in [-0.15, -0.1) is 0 Å². The predicted octanol–water partition coefficient (Wildman–Crippen LogP) is 6.65. The van der Waals surface area contributed by atoms with Gasteiger partial charge in [-0.1, -0.05) is 36.4 Å². The predicted molar refractivity (Wildman–Crippen MR) is 138 cm³/mol. The molecule has 0 aliphatic rings. The quantitative estimate of drug-likeness (QED) is 0.226. The van der Waals surface area contributed by atoms with Crippen LogP contribution in [0, 0.1) is 11.6 Å². The Morgan fingerprint density at radius 3 is 2.08 bits per heavy atom. The van der Waals surface area contributed by atoms with E-state index in [1.165, 1.54) is 36.4 Å². The lowest BCUT2D eigenvalue weighted by molar-refractivity contribution is 0.0941. The summed E-state index contributed by atoms with van der Waals surface area (Å²) in [6.07, 6.45) is 1.63. The molecule has 1 N–H and O–H groups in total. The van der Waals surface area contributed by atoms with E-state index in [1.807, 2.05) is 36.4 Å². The maximum atomic E-state index is 14.2. The summed E-state index contributed by atoms with van der Waals surface area (Å²) in [7, 11) is 1.63. The second-order valence-corrected chi connectivity index (χ2v) is 9.07. The molecule has 0 fully saturated rings. The molecule has 38 heavy (non-hydrogen) atoms. The van der Waals surface area contributed by atoms with Crippen molar-refractivity contribution in [2.24, 2.45) is 0 Å². The molecule has 0 unspecified atom stereocenters. The number of ether oxygens (including phenoxy) is 1. The Kier molecular flexibility index (Phi) is 7.40. The molecule has 5 aromatic rings. The zero-order chi connectivity index (χ0) is 26.5. The van der Waals surface area contributed by atoms with Crippen LogP contribution in [-0.4, -0.2) is 17.1 Å². The van der Waals surface area contributed by atoms with Crippen LogP contribution in [0.4, 0.5) is 8.78 Å². The first-order chi connectivity index (χ1) is 18.4. The maximum Gasteiger partial charge on any atom is 0.173 e. The SMILES string of the molecule is COc1cccc(CN(Cc2ccco2)Cc2ccc(C(O)(c3cccc(F)c3)c3cccc(F)c3)o2)c1. The fourth-order valence-corrected chi connectivity index (χ4v) is 4.58. The van der Waals surface area contributed by atoms with Crippen molar-refractivity contribution in [3.8, 4) is 5.75 Å². The molecule has 3 aromatic carbocycles. The third kappa shape index (κ3) is 5.54. The minimum Gasteiger partial charge on any atom is -0.497 e. The lowest BCUT2D eigenvalue weighted by Gasteiger charge is -2.27. The number of halogens is 2. The molecule has 0 bridgehead atoms. The van der Waals surface area contributed by atoms with E-state index < -0.39 is 17.2 Å². The van der Waals surface area contributed by atoms with Crippen molar-refractivity contribution in [1.82, 2.24) is 4.90 Å². The number of furan rings is 2. The first kappa shape index (κ1) is 25.4. The van der Waals surface area contributed by atoms with E-state index in [1.54, 1.807) is 37.6 Å². The number of hydrogen-bond acceptors (Lipinski definition) is 5. The van der Waals surface area contributed by atoms with Crippen molar-refractivity contribution in [2.75, 3.05) is 7.11 Å². The molecule has 2 heterocycles. The van der Waals surface area contributed by atoms with Gasteiger partial charge in [0.05, 0.1) is 26.5 Å². The van der Waals surface area contributed by atoms with Gasteiger partial charge in [-0.3, -0.25) is 4.90 Å². The first-order valence-corrected chi connectivity index (χ1v) is 12.2. The van der Waals surface area contributed by atoms with E-state index in [9.17, 15) is 13.9 Å². The summed E-state index contributed by atoms with van der Waals surface area (Å²) in [5.74, 6) is 1.23. The van der Waals surface area contributed by atoms with Crippen molar-refractivity contribution in [3.05, 3.63) is 149 Å². The van der Waals surface area contributed by atoms with Gasteiger partial charge < -0.3 is 18.7 Å². The molecular weight excluding hydrogens is 488 g/mol. The second kappa shape index (κ2) is 11.0. The van der Waals surface area contributed by atoms with E-state index in [0.29, 0.717) is 25.4 Å². The molecule has 0 atom stereocenters. The number of aliphatic hydroxyl groups is 1. The Labute approximate surface area is 219 Å². The van der Waals surface area contributed by atoms with Crippen LogP contribution in [0.3, 0.4) is 0 Å². The maximum absolute atomic E-state index is 14.2. The van der Waals surface area contributed by atoms with Gasteiger partial charge in [-0.2, -0.15) is 0 Å². The lowest BCUT2D eigenvalue weighted by Crippen LogP contribution is -2.28. The summed E-state index contributed by atoms with van der Waals surface area (Å²) in [5, 5.41) is 12.0. The van der Waals surface area contributed by atoms with Crippen LogP contribution in [0.2, 0.25) is 0 Å². The topological polar surface area (TPSA) is 59.0 Å². The minimum absolute atomic E-state index is 0.156. The lowest BCUT2D eigenvalue weighted by atomic mass is 9.84. The third-order valence-electron chi connectivity index (χ3n) is 6.38. The van der Waals surface area contributed by atoms with Crippen LogP contribution in [0.25, 0.3) is 0 Å². The monoisotopic (exact) mass is 515 g/mol. The Hall–Kier alpha value is -4.20. The molecule has 0 aliphatic carbocycles. The molecular formula is C31H27F2NO4. The summed E-state index contributed by atoms with van der Waals surface area (Å²) in [5.41, 5.74) is -0.402. The van der Waals surface area contributed by atoms with Crippen LogP contribution in [0.15, 0.2) is 112 Å². The van der Waals surface area contributed by atoms with Gasteiger partial charge in [0.25, 0.3) is 0 Å². The minimum atomic E-state index is -1.90. The van der Waals surface area contributed by atoms with Gasteiger partial charge in [0.2, 0.25) is 0 Å². The van der Waals surface area contributed by atoms with Crippen molar-refractivity contribution in [1.29, 1.82) is 0 Å². The largest absolute Gasteiger partial charge is 0.497 e. The van der Waals surface area contributed by atoms with Crippen LogP contribution < -0.4 is 4.74 Å². The van der Waals surface area contributed by atoms with Gasteiger partial charge in [0.15, 0.2) is 5.60 Å². The normalized spacial score (nSPS) is 11.7. The van der Waals surface area contributed by atoms with Crippen LogP contribution in [-0.2, 0) is 25.2 Å². The second-order valence-electron chi connectivity index (χ2n) is 9.07. The van der Waals surface area contributed by atoms with Crippen molar-refractivity contribution in [3.63, 3.8) is 0 Å². The van der Waals surface area contributed by atoms with Crippen LogP contribution in [0.1, 0.15) is 34.0 Å². The zero-order valence-electron chi connectivity index (χ0n) is 20.8. The Morgan fingerprint density at radius 1 is 0.763 bits per heavy atom. The summed E-state index contributed by atoms with van der Waals surface area (Å²) >= 11 is 0. The number of methoxy groups -OCH3 is 1. The molecule has 0 aliphatic heterocycles. The van der Waals surface area contributed by atoms with Crippen LogP contribution >= 0.6 is 0 Å². The molecule has 194 valence electrons. The Bertz CT molecular complexity index is 1450. The highest BCUT2D eigenvalue weighted by atomic mass is 19.1. The molecule has 7 heteroatoms. The average molecular weight is 516 g/mol. The highest BCUT2D eigenvalue weighted by Gasteiger charge is 2.38. The van der Waals surface area contributed by atoms with E-state index in [4.69, 9.17) is 13.6 Å². The van der Waals surface area contributed by atoms with Crippen molar-refractivity contribution < 1.29 is 27.5 Å². The molecule has 5 rings (SSSR count). The third-order valence-corrected chi connectivity index (χ3v) is 6.38. The summed E-state index contributed by atoms with van der Waals surface area (Å²) in [6.45, 7) is 1.48. The standard InChI is InChI=1S/C31H27F2NO4/c1-36-27-11-2-6-22(16-27)19-34(20-28-12-5-15-37-28)21-29-13-14-30(38-29)31(35,23-7-3-9-25(32)17-23)24-8-4-10-26(33)18-24/h2-18,35H,19-21H2,1H3. The van der Waals surface area contributed by atoms with E-state index >= 15 is 0 Å². The van der Waals surface area contributed by atoms with Crippen molar-refractivity contribution >= 4 is 0 Å². The van der Waals surface area contributed by atoms with Crippen LogP contribution in [0.5, 0.6) is 5.75 Å². The summed E-state index contributed by atoms with van der Waals surface area (Å²) in [4.78, 5) is 2.12.